The molecule has 0 radical (unpaired) electrons. The Morgan fingerprint density at radius 1 is 1.24 bits per heavy atom. The lowest BCUT2D eigenvalue weighted by molar-refractivity contribution is 0.218. The van der Waals surface area contributed by atoms with E-state index in [1.807, 2.05) is 24.4 Å². The topological polar surface area (TPSA) is 62.3 Å². The number of hydrogen-bond donors (Lipinski definition) is 1. The molecule has 0 unspecified atom stereocenters. The number of nitrogens with zero attached hydrogens (tertiary/aromatic N) is 2. The highest BCUT2D eigenvalue weighted by Gasteiger charge is 2.43. The van der Waals surface area contributed by atoms with Crippen molar-refractivity contribution in [2.24, 2.45) is 5.41 Å². The molecule has 3 heterocycles. The fourth-order valence-electron chi connectivity index (χ4n) is 3.89. The normalized spacial score (nSPS) is 21.0. The fourth-order valence-corrected chi connectivity index (χ4v) is 6.28. The van der Waals surface area contributed by atoms with E-state index in [-0.39, 0.29) is 5.41 Å². The molecule has 0 atom stereocenters. The van der Waals surface area contributed by atoms with E-state index in [0.717, 1.165) is 48.6 Å². The van der Waals surface area contributed by atoms with Gasteiger partial charge >= 0.3 is 0 Å². The summed E-state index contributed by atoms with van der Waals surface area (Å²) in [4.78, 5) is 4.85. The maximum absolute atomic E-state index is 13.1. The molecule has 2 saturated heterocycles. The SMILES string of the molecule is Cc1csc(-c2cccc(S(=O)(=O)N3CCC4(CCNCC4)C3)c2)n1. The van der Waals surface area contributed by atoms with Crippen LogP contribution in [-0.4, -0.2) is 43.9 Å². The van der Waals surface area contributed by atoms with Crippen LogP contribution in [0.1, 0.15) is 25.0 Å². The first-order valence-corrected chi connectivity index (χ1v) is 11.0. The highest BCUT2D eigenvalue weighted by Crippen LogP contribution is 2.40. The number of aromatic nitrogens is 1. The van der Waals surface area contributed by atoms with Crippen molar-refractivity contribution in [3.8, 4) is 10.6 Å². The van der Waals surface area contributed by atoms with Gasteiger partial charge in [0.15, 0.2) is 0 Å². The van der Waals surface area contributed by atoms with Crippen LogP contribution in [0.2, 0.25) is 0 Å². The summed E-state index contributed by atoms with van der Waals surface area (Å²) in [6.45, 7) is 5.21. The third-order valence-corrected chi connectivity index (χ3v) is 8.26. The van der Waals surface area contributed by atoms with Crippen molar-refractivity contribution in [2.45, 2.75) is 31.1 Å². The van der Waals surface area contributed by atoms with E-state index >= 15 is 0 Å². The van der Waals surface area contributed by atoms with E-state index in [1.54, 1.807) is 27.8 Å². The van der Waals surface area contributed by atoms with Gasteiger partial charge in [0.2, 0.25) is 10.0 Å². The van der Waals surface area contributed by atoms with E-state index in [0.29, 0.717) is 18.0 Å². The molecule has 0 saturated carbocycles. The van der Waals surface area contributed by atoms with E-state index in [9.17, 15) is 8.42 Å². The number of sulfonamides is 1. The summed E-state index contributed by atoms with van der Waals surface area (Å²) in [6.07, 6.45) is 3.11. The standard InChI is InChI=1S/C18H23N3O2S2/c1-14-12-24-17(20-14)15-3-2-4-16(11-15)25(22,23)21-10-7-18(13-21)5-8-19-9-6-18/h2-4,11-12,19H,5-10,13H2,1H3. The minimum Gasteiger partial charge on any atom is -0.317 e. The van der Waals surface area contributed by atoms with Crippen molar-refractivity contribution < 1.29 is 8.42 Å². The summed E-state index contributed by atoms with van der Waals surface area (Å²) < 4.78 is 28.0. The zero-order valence-electron chi connectivity index (χ0n) is 14.4. The molecule has 0 bridgehead atoms. The van der Waals surface area contributed by atoms with Crippen molar-refractivity contribution in [1.82, 2.24) is 14.6 Å². The van der Waals surface area contributed by atoms with Crippen LogP contribution in [0, 0.1) is 12.3 Å². The predicted molar refractivity (Wildman–Crippen MR) is 100 cm³/mol. The molecule has 0 aliphatic carbocycles. The van der Waals surface area contributed by atoms with Crippen LogP contribution >= 0.6 is 11.3 Å². The molecule has 2 aromatic rings. The molecule has 7 heteroatoms. The van der Waals surface area contributed by atoms with Gasteiger partial charge in [0, 0.05) is 29.7 Å². The molecule has 5 nitrogen and oxygen atoms in total. The van der Waals surface area contributed by atoms with Crippen LogP contribution in [0.4, 0.5) is 0 Å². The Bertz CT molecular complexity index is 870. The summed E-state index contributed by atoms with van der Waals surface area (Å²) in [5, 5.41) is 6.23. The van der Waals surface area contributed by atoms with E-state index in [1.165, 1.54) is 0 Å². The molecular formula is C18H23N3O2S2. The third kappa shape index (κ3) is 3.26. The molecule has 25 heavy (non-hydrogen) atoms. The van der Waals surface area contributed by atoms with Crippen LogP contribution in [0.5, 0.6) is 0 Å². The largest absolute Gasteiger partial charge is 0.317 e. The van der Waals surface area contributed by atoms with Gasteiger partial charge in [-0.25, -0.2) is 13.4 Å². The van der Waals surface area contributed by atoms with Gasteiger partial charge in [-0.15, -0.1) is 11.3 Å². The van der Waals surface area contributed by atoms with Gasteiger partial charge in [0.25, 0.3) is 0 Å². The van der Waals surface area contributed by atoms with Crippen molar-refractivity contribution >= 4 is 21.4 Å². The Morgan fingerprint density at radius 2 is 2.04 bits per heavy atom. The fraction of sp³-hybridized carbons (Fsp3) is 0.500. The number of thiazole rings is 1. The van der Waals surface area contributed by atoms with Crippen molar-refractivity contribution in [3.63, 3.8) is 0 Å². The van der Waals surface area contributed by atoms with Crippen molar-refractivity contribution in [2.75, 3.05) is 26.2 Å². The van der Waals surface area contributed by atoms with E-state index in [2.05, 4.69) is 10.3 Å². The molecule has 1 aromatic carbocycles. The first-order chi connectivity index (χ1) is 12.0. The quantitative estimate of drug-likeness (QED) is 0.893. The zero-order chi connectivity index (χ0) is 17.5. The Labute approximate surface area is 153 Å². The molecule has 0 amide bonds. The van der Waals surface area contributed by atoms with E-state index in [4.69, 9.17) is 0 Å². The zero-order valence-corrected chi connectivity index (χ0v) is 16.0. The first kappa shape index (κ1) is 17.1. The number of nitrogens with one attached hydrogen (secondary N) is 1. The average molecular weight is 378 g/mol. The first-order valence-electron chi connectivity index (χ1n) is 8.72. The lowest BCUT2D eigenvalue weighted by Crippen LogP contribution is -2.39. The third-order valence-electron chi connectivity index (χ3n) is 5.41. The number of hydrogen-bond acceptors (Lipinski definition) is 5. The molecule has 2 aliphatic rings. The Kier molecular flexibility index (Phi) is 4.43. The monoisotopic (exact) mass is 377 g/mol. The summed E-state index contributed by atoms with van der Waals surface area (Å²) in [5.41, 5.74) is 2.00. The lowest BCUT2D eigenvalue weighted by atomic mass is 9.78. The summed E-state index contributed by atoms with van der Waals surface area (Å²) in [7, 11) is -3.45. The van der Waals surface area contributed by atoms with Gasteiger partial charge in [0.05, 0.1) is 4.90 Å². The van der Waals surface area contributed by atoms with Gasteiger partial charge in [-0.1, -0.05) is 12.1 Å². The van der Waals surface area contributed by atoms with Crippen LogP contribution in [0.25, 0.3) is 10.6 Å². The summed E-state index contributed by atoms with van der Waals surface area (Å²) >= 11 is 1.55. The minimum atomic E-state index is -3.45. The molecule has 1 spiro atoms. The van der Waals surface area contributed by atoms with Crippen molar-refractivity contribution in [1.29, 1.82) is 0 Å². The molecule has 4 rings (SSSR count). The van der Waals surface area contributed by atoms with Gasteiger partial charge in [-0.2, -0.15) is 4.31 Å². The van der Waals surface area contributed by atoms with Crippen molar-refractivity contribution in [3.05, 3.63) is 35.3 Å². The highest BCUT2D eigenvalue weighted by molar-refractivity contribution is 7.89. The molecule has 1 N–H and O–H groups in total. The number of piperidine rings is 1. The maximum Gasteiger partial charge on any atom is 0.243 e. The second kappa shape index (κ2) is 6.46. The molecule has 2 fully saturated rings. The lowest BCUT2D eigenvalue weighted by Gasteiger charge is -2.33. The maximum atomic E-state index is 13.1. The minimum absolute atomic E-state index is 0.169. The molecule has 134 valence electrons. The van der Waals surface area contributed by atoms with Crippen LogP contribution in [-0.2, 0) is 10.0 Å². The smallest absolute Gasteiger partial charge is 0.243 e. The van der Waals surface area contributed by atoms with Gasteiger partial charge in [-0.3, -0.25) is 0 Å². The number of rotatable bonds is 3. The summed E-state index contributed by atoms with van der Waals surface area (Å²) in [5.74, 6) is 0. The predicted octanol–water partition coefficient (Wildman–Crippen LogP) is 2.88. The number of aryl methyl sites for hydroxylation is 1. The average Bonchev–Trinajstić information content (AvgIpc) is 3.23. The van der Waals surface area contributed by atoms with Crippen LogP contribution in [0.15, 0.2) is 34.5 Å². The Balaban J connectivity index is 1.60. The van der Waals surface area contributed by atoms with Crippen LogP contribution in [0.3, 0.4) is 0 Å². The molecule has 1 aromatic heterocycles. The molecule has 2 aliphatic heterocycles. The molecular weight excluding hydrogens is 354 g/mol. The number of benzene rings is 1. The Hall–Kier alpha value is -1.28. The Morgan fingerprint density at radius 3 is 2.76 bits per heavy atom. The second-order valence-corrected chi connectivity index (χ2v) is 9.96. The van der Waals surface area contributed by atoms with Gasteiger partial charge in [0.1, 0.15) is 5.01 Å². The highest BCUT2D eigenvalue weighted by atomic mass is 32.2. The summed E-state index contributed by atoms with van der Waals surface area (Å²) in [6, 6.07) is 7.21. The van der Waals surface area contributed by atoms with Gasteiger partial charge in [-0.05, 0) is 56.8 Å². The second-order valence-electron chi connectivity index (χ2n) is 7.16. The van der Waals surface area contributed by atoms with E-state index < -0.39 is 10.0 Å². The van der Waals surface area contributed by atoms with Gasteiger partial charge < -0.3 is 5.32 Å². The van der Waals surface area contributed by atoms with Crippen LogP contribution < -0.4 is 5.32 Å².